The van der Waals surface area contributed by atoms with Gasteiger partial charge in [0.1, 0.15) is 17.1 Å². The number of para-hydroxylation sites is 2. The van der Waals surface area contributed by atoms with Gasteiger partial charge in [-0.2, -0.15) is 0 Å². The van der Waals surface area contributed by atoms with Gasteiger partial charge in [0.05, 0.1) is 19.0 Å². The van der Waals surface area contributed by atoms with Crippen molar-refractivity contribution in [2.24, 2.45) is 0 Å². The molecule has 0 amide bonds. The summed E-state index contributed by atoms with van der Waals surface area (Å²) in [5.74, 6) is 1.68. The highest BCUT2D eigenvalue weighted by atomic mass is 16.5. The highest BCUT2D eigenvalue weighted by Gasteiger charge is 2.19. The second-order valence-corrected chi connectivity index (χ2v) is 6.94. The molecular weight excluding hydrogens is 340 g/mol. The summed E-state index contributed by atoms with van der Waals surface area (Å²) in [6.45, 7) is 5.43. The summed E-state index contributed by atoms with van der Waals surface area (Å²) in [6, 6.07) is 17.2. The molecule has 4 rings (SSSR count). The molecule has 0 aliphatic carbocycles. The minimum Gasteiger partial charge on any atom is -0.496 e. The number of hydrogen-bond acceptors (Lipinski definition) is 5. The fourth-order valence-electron chi connectivity index (χ4n) is 3.63. The van der Waals surface area contributed by atoms with E-state index in [1.807, 2.05) is 36.4 Å². The Hall–Kier alpha value is -2.63. The van der Waals surface area contributed by atoms with E-state index in [2.05, 4.69) is 21.9 Å². The van der Waals surface area contributed by atoms with Gasteiger partial charge in [0.25, 0.3) is 0 Å². The first kappa shape index (κ1) is 17.8. The van der Waals surface area contributed by atoms with Crippen LogP contribution in [-0.2, 0) is 13.1 Å². The summed E-state index contributed by atoms with van der Waals surface area (Å²) in [7, 11) is 1.72. The predicted molar refractivity (Wildman–Crippen MR) is 106 cm³/mol. The van der Waals surface area contributed by atoms with Crippen molar-refractivity contribution in [3.05, 3.63) is 76.1 Å². The maximum absolute atomic E-state index is 12.3. The van der Waals surface area contributed by atoms with Crippen molar-refractivity contribution in [1.82, 2.24) is 9.80 Å². The van der Waals surface area contributed by atoms with Crippen LogP contribution in [0.5, 0.6) is 5.75 Å². The van der Waals surface area contributed by atoms with Gasteiger partial charge in [-0.3, -0.25) is 14.6 Å². The van der Waals surface area contributed by atoms with Gasteiger partial charge in [-0.05, 0) is 18.2 Å². The zero-order chi connectivity index (χ0) is 18.6. The van der Waals surface area contributed by atoms with Crippen LogP contribution in [0.15, 0.2) is 63.8 Å². The second kappa shape index (κ2) is 7.94. The van der Waals surface area contributed by atoms with Crippen molar-refractivity contribution in [2.75, 3.05) is 33.3 Å². The Morgan fingerprint density at radius 1 is 0.926 bits per heavy atom. The molecule has 1 saturated heterocycles. The first-order chi connectivity index (χ1) is 13.2. The van der Waals surface area contributed by atoms with Crippen LogP contribution in [0.1, 0.15) is 11.3 Å². The lowest BCUT2D eigenvalue weighted by molar-refractivity contribution is 0.115. The molecule has 1 aromatic heterocycles. The van der Waals surface area contributed by atoms with Gasteiger partial charge in [-0.1, -0.05) is 30.3 Å². The first-order valence-corrected chi connectivity index (χ1v) is 9.31. The van der Waals surface area contributed by atoms with Crippen LogP contribution in [0, 0.1) is 0 Å². The average Bonchev–Trinajstić information content (AvgIpc) is 2.70. The molecule has 140 valence electrons. The predicted octanol–water partition coefficient (Wildman–Crippen LogP) is 3.12. The standard InChI is InChI=1S/C22H24N2O3/c1-26-21-8-4-2-6-17(21)15-23-10-12-24(13-11-23)16-18-14-20(25)19-7-3-5-9-22(19)27-18/h2-9,14H,10-13,15-16H2,1H3. The van der Waals surface area contributed by atoms with E-state index in [4.69, 9.17) is 9.15 Å². The van der Waals surface area contributed by atoms with Crippen molar-refractivity contribution < 1.29 is 9.15 Å². The minimum absolute atomic E-state index is 0.0293. The van der Waals surface area contributed by atoms with Gasteiger partial charge in [0.2, 0.25) is 0 Å². The van der Waals surface area contributed by atoms with E-state index < -0.39 is 0 Å². The van der Waals surface area contributed by atoms with E-state index in [1.165, 1.54) is 5.56 Å². The number of piperazine rings is 1. The molecule has 27 heavy (non-hydrogen) atoms. The summed E-state index contributed by atoms with van der Waals surface area (Å²) in [4.78, 5) is 17.0. The Morgan fingerprint density at radius 3 is 2.37 bits per heavy atom. The summed E-state index contributed by atoms with van der Waals surface area (Å²) in [5.41, 5.74) is 1.91. The maximum atomic E-state index is 12.3. The van der Waals surface area contributed by atoms with Crippen molar-refractivity contribution in [3.63, 3.8) is 0 Å². The highest BCUT2D eigenvalue weighted by Crippen LogP contribution is 2.20. The third-order valence-electron chi connectivity index (χ3n) is 5.12. The molecule has 1 aliphatic rings. The molecule has 0 N–H and O–H groups in total. The molecule has 0 unspecified atom stereocenters. The number of ether oxygens (including phenoxy) is 1. The molecule has 2 heterocycles. The third-order valence-corrected chi connectivity index (χ3v) is 5.12. The topological polar surface area (TPSA) is 45.9 Å². The molecule has 0 radical (unpaired) electrons. The van der Waals surface area contributed by atoms with Gasteiger partial charge in [-0.25, -0.2) is 0 Å². The zero-order valence-electron chi connectivity index (χ0n) is 15.6. The van der Waals surface area contributed by atoms with E-state index in [9.17, 15) is 4.79 Å². The van der Waals surface area contributed by atoms with Crippen molar-refractivity contribution >= 4 is 11.0 Å². The third kappa shape index (κ3) is 4.04. The van der Waals surface area contributed by atoms with Crippen LogP contribution in [-0.4, -0.2) is 43.1 Å². The van der Waals surface area contributed by atoms with Gasteiger partial charge in [0.15, 0.2) is 5.43 Å². The highest BCUT2D eigenvalue weighted by molar-refractivity contribution is 5.76. The molecule has 5 nitrogen and oxygen atoms in total. The fourth-order valence-corrected chi connectivity index (χ4v) is 3.63. The van der Waals surface area contributed by atoms with Crippen LogP contribution in [0.2, 0.25) is 0 Å². The monoisotopic (exact) mass is 364 g/mol. The van der Waals surface area contributed by atoms with E-state index >= 15 is 0 Å². The van der Waals surface area contributed by atoms with Gasteiger partial charge < -0.3 is 9.15 Å². The summed E-state index contributed by atoms with van der Waals surface area (Å²) >= 11 is 0. The van der Waals surface area contributed by atoms with E-state index in [0.717, 1.165) is 44.2 Å². The summed E-state index contributed by atoms with van der Waals surface area (Å²) in [5, 5.41) is 0.642. The SMILES string of the molecule is COc1ccccc1CN1CCN(Cc2cc(=O)c3ccccc3o2)CC1. The number of rotatable bonds is 5. The number of benzene rings is 2. The van der Waals surface area contributed by atoms with E-state index in [0.29, 0.717) is 17.5 Å². The lowest BCUT2D eigenvalue weighted by atomic mass is 10.1. The van der Waals surface area contributed by atoms with Crippen molar-refractivity contribution in [1.29, 1.82) is 0 Å². The summed E-state index contributed by atoms with van der Waals surface area (Å²) < 4.78 is 11.4. The maximum Gasteiger partial charge on any atom is 0.192 e. The van der Waals surface area contributed by atoms with Crippen LogP contribution >= 0.6 is 0 Å². The largest absolute Gasteiger partial charge is 0.496 e. The van der Waals surface area contributed by atoms with Crippen molar-refractivity contribution in [3.8, 4) is 5.75 Å². The Morgan fingerprint density at radius 2 is 1.59 bits per heavy atom. The average molecular weight is 364 g/mol. The molecule has 0 atom stereocenters. The van der Waals surface area contributed by atoms with Crippen LogP contribution in [0.25, 0.3) is 11.0 Å². The quantitative estimate of drug-likeness (QED) is 0.696. The number of fused-ring (bicyclic) bond motifs is 1. The fraction of sp³-hybridized carbons (Fsp3) is 0.318. The van der Waals surface area contributed by atoms with Gasteiger partial charge in [-0.15, -0.1) is 0 Å². The molecule has 0 spiro atoms. The zero-order valence-corrected chi connectivity index (χ0v) is 15.6. The Bertz CT molecular complexity index is 974. The molecule has 1 fully saturated rings. The van der Waals surface area contributed by atoms with Gasteiger partial charge >= 0.3 is 0 Å². The lowest BCUT2D eigenvalue weighted by Crippen LogP contribution is -2.45. The lowest BCUT2D eigenvalue weighted by Gasteiger charge is -2.34. The Kier molecular flexibility index (Phi) is 5.23. The number of hydrogen-bond donors (Lipinski definition) is 0. The Labute approximate surface area is 158 Å². The molecule has 0 saturated carbocycles. The van der Waals surface area contributed by atoms with Crippen molar-refractivity contribution in [2.45, 2.75) is 13.1 Å². The van der Waals surface area contributed by atoms with E-state index in [-0.39, 0.29) is 5.43 Å². The molecule has 0 bridgehead atoms. The van der Waals surface area contributed by atoms with Crippen LogP contribution in [0.4, 0.5) is 0 Å². The van der Waals surface area contributed by atoms with Crippen LogP contribution < -0.4 is 10.2 Å². The van der Waals surface area contributed by atoms with Crippen LogP contribution in [0.3, 0.4) is 0 Å². The normalized spacial score (nSPS) is 15.9. The molecule has 2 aromatic carbocycles. The number of methoxy groups -OCH3 is 1. The minimum atomic E-state index is 0.0293. The second-order valence-electron chi connectivity index (χ2n) is 6.94. The molecule has 5 heteroatoms. The Balaban J connectivity index is 1.38. The summed E-state index contributed by atoms with van der Waals surface area (Å²) in [6.07, 6.45) is 0. The number of nitrogens with zero attached hydrogens (tertiary/aromatic N) is 2. The van der Waals surface area contributed by atoms with E-state index in [1.54, 1.807) is 13.2 Å². The molecule has 1 aliphatic heterocycles. The molecule has 3 aromatic rings. The smallest absolute Gasteiger partial charge is 0.192 e. The van der Waals surface area contributed by atoms with Gasteiger partial charge in [0, 0.05) is 44.4 Å². The molecular formula is C22H24N2O3. The first-order valence-electron chi connectivity index (χ1n) is 9.31.